The Kier molecular flexibility index (Phi) is 2.45. The molecule has 0 heterocycles. The second-order valence-electron chi connectivity index (χ2n) is 1.83. The van der Waals surface area contributed by atoms with Crippen LogP contribution >= 0.6 is 0 Å². The minimum Gasteiger partial charge on any atom is -0.479 e. The Labute approximate surface area is 63.8 Å². The molecule has 3 heteroatoms. The van der Waals surface area contributed by atoms with Gasteiger partial charge in [-0.1, -0.05) is 0 Å². The van der Waals surface area contributed by atoms with Crippen LogP contribution in [0.1, 0.15) is 0 Å². The molecular weight excluding hydrogens is 145 g/mol. The first-order valence-electron chi connectivity index (χ1n) is 2.99. The Balaban J connectivity index is 2.65. The fourth-order valence-electron chi connectivity index (χ4n) is 0.622. The van der Waals surface area contributed by atoms with Crippen molar-refractivity contribution >= 4 is 0 Å². The first-order valence-corrected chi connectivity index (χ1v) is 2.99. The standard InChI is InChI=1S/C8H5FNO/c9-7-2-1-3-8(6-7)11-5-4-10/h2-3,6H,5H2. The summed E-state index contributed by atoms with van der Waals surface area (Å²) in [5.74, 6) is -0.0908. The van der Waals surface area contributed by atoms with Crippen molar-refractivity contribution in [1.82, 2.24) is 0 Å². The van der Waals surface area contributed by atoms with E-state index in [1.165, 1.54) is 18.2 Å². The Morgan fingerprint density at radius 3 is 3.09 bits per heavy atom. The normalized spacial score (nSPS) is 8.73. The summed E-state index contributed by atoms with van der Waals surface area (Å²) in [5.41, 5.74) is 0. The summed E-state index contributed by atoms with van der Waals surface area (Å²) in [7, 11) is 0. The van der Waals surface area contributed by atoms with Gasteiger partial charge in [-0.2, -0.15) is 5.26 Å². The van der Waals surface area contributed by atoms with E-state index in [0.29, 0.717) is 5.75 Å². The van der Waals surface area contributed by atoms with Gasteiger partial charge in [0.1, 0.15) is 17.6 Å². The third-order valence-corrected chi connectivity index (χ3v) is 1.03. The number of halogens is 1. The Morgan fingerprint density at radius 2 is 2.45 bits per heavy atom. The van der Waals surface area contributed by atoms with Crippen LogP contribution in [0.15, 0.2) is 18.2 Å². The lowest BCUT2D eigenvalue weighted by molar-refractivity contribution is 0.365. The summed E-state index contributed by atoms with van der Waals surface area (Å²) >= 11 is 0. The lowest BCUT2D eigenvalue weighted by Crippen LogP contribution is -1.93. The minimum atomic E-state index is -0.416. The summed E-state index contributed by atoms with van der Waals surface area (Å²) in [6.07, 6.45) is 0. The molecule has 0 fully saturated rings. The molecule has 1 rings (SSSR count). The largest absolute Gasteiger partial charge is 0.479 e. The molecule has 0 spiro atoms. The van der Waals surface area contributed by atoms with Crippen LogP contribution in [0.4, 0.5) is 4.39 Å². The quantitative estimate of drug-likeness (QED) is 0.640. The average Bonchev–Trinajstić information content (AvgIpc) is 2.01. The van der Waals surface area contributed by atoms with Crippen LogP contribution in [0, 0.1) is 23.2 Å². The number of hydrogen-bond donors (Lipinski definition) is 0. The summed E-state index contributed by atoms with van der Waals surface area (Å²) in [6.45, 7) is -0.0721. The fourth-order valence-corrected chi connectivity index (χ4v) is 0.622. The van der Waals surface area contributed by atoms with Crippen LogP contribution in [0.5, 0.6) is 5.75 Å². The number of benzene rings is 1. The maximum absolute atomic E-state index is 12.4. The van der Waals surface area contributed by atoms with Gasteiger partial charge >= 0.3 is 0 Å². The topological polar surface area (TPSA) is 33.0 Å². The second-order valence-corrected chi connectivity index (χ2v) is 1.83. The molecule has 11 heavy (non-hydrogen) atoms. The van der Waals surface area contributed by atoms with Crippen molar-refractivity contribution in [3.8, 4) is 11.8 Å². The molecule has 0 atom stereocenters. The first kappa shape index (κ1) is 7.55. The van der Waals surface area contributed by atoms with Gasteiger partial charge in [0.2, 0.25) is 0 Å². The number of rotatable bonds is 2. The van der Waals surface area contributed by atoms with Crippen LogP contribution in [-0.2, 0) is 0 Å². The Morgan fingerprint density at radius 1 is 1.64 bits per heavy atom. The van der Waals surface area contributed by atoms with E-state index in [-0.39, 0.29) is 6.61 Å². The van der Waals surface area contributed by atoms with Gasteiger partial charge in [-0.25, -0.2) is 4.39 Å². The van der Waals surface area contributed by atoms with Crippen molar-refractivity contribution in [3.63, 3.8) is 0 Å². The molecule has 0 saturated heterocycles. The summed E-state index contributed by atoms with van der Waals surface area (Å²) in [4.78, 5) is 0. The zero-order valence-corrected chi connectivity index (χ0v) is 5.67. The van der Waals surface area contributed by atoms with Gasteiger partial charge in [-0.15, -0.1) is 0 Å². The van der Waals surface area contributed by atoms with E-state index in [2.05, 4.69) is 6.07 Å². The number of nitrogens with zero attached hydrogens (tertiary/aromatic N) is 1. The molecule has 55 valence electrons. The van der Waals surface area contributed by atoms with Crippen molar-refractivity contribution in [1.29, 1.82) is 5.26 Å². The molecule has 0 saturated carbocycles. The van der Waals surface area contributed by atoms with Crippen LogP contribution < -0.4 is 4.74 Å². The van der Waals surface area contributed by atoms with Crippen molar-refractivity contribution in [2.45, 2.75) is 0 Å². The second kappa shape index (κ2) is 3.57. The van der Waals surface area contributed by atoms with Crippen LogP contribution in [0.3, 0.4) is 0 Å². The lowest BCUT2D eigenvalue weighted by atomic mass is 10.3. The van der Waals surface area contributed by atoms with Gasteiger partial charge in [0.05, 0.1) is 0 Å². The molecule has 2 nitrogen and oxygen atoms in total. The highest BCUT2D eigenvalue weighted by atomic mass is 19.1. The van der Waals surface area contributed by atoms with Gasteiger partial charge < -0.3 is 4.74 Å². The Bertz CT molecular complexity index is 280. The number of nitriles is 1. The predicted molar refractivity (Wildman–Crippen MR) is 36.3 cm³/mol. The summed E-state index contributed by atoms with van der Waals surface area (Å²) in [6, 6.07) is 8.17. The molecule has 0 N–H and O–H groups in total. The zero-order valence-electron chi connectivity index (χ0n) is 5.67. The van der Waals surface area contributed by atoms with E-state index in [1.54, 1.807) is 6.07 Å². The van der Waals surface area contributed by atoms with E-state index in [9.17, 15) is 4.39 Å². The van der Waals surface area contributed by atoms with E-state index in [1.807, 2.05) is 0 Å². The molecule has 0 aliphatic carbocycles. The molecule has 0 aromatic heterocycles. The van der Waals surface area contributed by atoms with E-state index in [0.717, 1.165) is 0 Å². The van der Waals surface area contributed by atoms with Gasteiger partial charge in [-0.3, -0.25) is 0 Å². The molecule has 1 aromatic carbocycles. The van der Waals surface area contributed by atoms with Crippen molar-refractivity contribution in [2.75, 3.05) is 6.61 Å². The van der Waals surface area contributed by atoms with Gasteiger partial charge in [-0.05, 0) is 18.2 Å². The highest BCUT2D eigenvalue weighted by Crippen LogP contribution is 2.10. The van der Waals surface area contributed by atoms with Crippen molar-refractivity contribution in [2.24, 2.45) is 0 Å². The van der Waals surface area contributed by atoms with Gasteiger partial charge in [0.25, 0.3) is 0 Å². The van der Waals surface area contributed by atoms with E-state index >= 15 is 0 Å². The van der Waals surface area contributed by atoms with Gasteiger partial charge in [0.15, 0.2) is 6.61 Å². The third kappa shape index (κ3) is 2.26. The lowest BCUT2D eigenvalue weighted by Gasteiger charge is -1.98. The highest BCUT2D eigenvalue weighted by Gasteiger charge is 1.93. The molecule has 0 bridgehead atoms. The van der Waals surface area contributed by atoms with Gasteiger partial charge in [0, 0.05) is 6.07 Å². The predicted octanol–water partition coefficient (Wildman–Crippen LogP) is 1.53. The summed E-state index contributed by atoms with van der Waals surface area (Å²) < 4.78 is 17.2. The average molecular weight is 150 g/mol. The van der Waals surface area contributed by atoms with Crippen LogP contribution in [-0.4, -0.2) is 6.61 Å². The van der Waals surface area contributed by atoms with E-state index in [4.69, 9.17) is 10.00 Å². The number of ether oxygens (including phenoxy) is 1. The van der Waals surface area contributed by atoms with E-state index < -0.39 is 5.82 Å². The molecule has 0 aliphatic rings. The van der Waals surface area contributed by atoms with Crippen molar-refractivity contribution in [3.05, 3.63) is 30.1 Å². The molecule has 0 aliphatic heterocycles. The third-order valence-electron chi connectivity index (χ3n) is 1.03. The smallest absolute Gasteiger partial charge is 0.174 e. The highest BCUT2D eigenvalue weighted by molar-refractivity contribution is 5.21. The molecule has 1 aromatic rings. The van der Waals surface area contributed by atoms with Crippen molar-refractivity contribution < 1.29 is 9.13 Å². The first-order chi connectivity index (χ1) is 5.33. The number of hydrogen-bond acceptors (Lipinski definition) is 2. The van der Waals surface area contributed by atoms with Crippen LogP contribution in [0.25, 0.3) is 0 Å². The maximum atomic E-state index is 12.4. The fraction of sp³-hybridized carbons (Fsp3) is 0.125. The SMILES string of the molecule is N#CCOc1c[c]cc(F)c1. The molecule has 1 radical (unpaired) electrons. The minimum absolute atomic E-state index is 0.0721. The molecular formula is C8H5FNO. The summed E-state index contributed by atoms with van der Waals surface area (Å²) in [5, 5.41) is 8.12. The Hall–Kier alpha value is -1.56. The monoisotopic (exact) mass is 150 g/mol. The molecule has 0 amide bonds. The maximum Gasteiger partial charge on any atom is 0.174 e. The zero-order chi connectivity index (χ0) is 8.10. The van der Waals surface area contributed by atoms with Crippen LogP contribution in [0.2, 0.25) is 0 Å². The molecule has 0 unspecified atom stereocenters.